The Hall–Kier alpha value is -2.00. The lowest BCUT2D eigenvalue weighted by Crippen LogP contribution is -2.37. The Labute approximate surface area is 331 Å². The zero-order valence-corrected chi connectivity index (χ0v) is 35.9. The van der Waals surface area contributed by atoms with E-state index >= 15 is 0 Å². The highest BCUT2D eigenvalue weighted by Gasteiger charge is 2.19. The monoisotopic (exact) mass is 782 g/mol. The van der Waals surface area contributed by atoms with Crippen molar-refractivity contribution in [1.82, 2.24) is 0 Å². The van der Waals surface area contributed by atoms with Crippen LogP contribution in [-0.2, 0) is 27.9 Å². The average Bonchev–Trinajstić information content (AvgIpc) is 3.11. The Morgan fingerprint density at radius 3 is 1.80 bits per heavy atom. The molecule has 0 rings (SSSR count). The van der Waals surface area contributed by atoms with Crippen LogP contribution in [-0.4, -0.2) is 75.3 Å². The number of hydrogen-bond acceptors (Lipinski definition) is 8. The molecule has 0 aromatic rings. The van der Waals surface area contributed by atoms with Gasteiger partial charge in [-0.1, -0.05) is 140 Å². The number of nitrogens with zero attached hydrogens (tertiary/aromatic N) is 1. The van der Waals surface area contributed by atoms with E-state index in [0.717, 1.165) is 57.8 Å². The molecule has 0 spiro atoms. The minimum atomic E-state index is -4.53. The zero-order valence-electron chi connectivity index (χ0n) is 35.0. The summed E-state index contributed by atoms with van der Waals surface area (Å²) < 4.78 is 34.2. The third-order valence-corrected chi connectivity index (χ3v) is 9.68. The molecule has 0 saturated carbocycles. The maximum absolute atomic E-state index is 12.4. The number of carbonyl (C=O) groups excluding carboxylic acids is 1. The smallest absolute Gasteiger partial charge is 0.305 e. The van der Waals surface area contributed by atoms with Crippen LogP contribution in [0, 0.1) is 0 Å². The van der Waals surface area contributed by atoms with Crippen LogP contribution in [0.15, 0.2) is 60.9 Å². The summed E-state index contributed by atoms with van der Waals surface area (Å²) in [5, 5.41) is 9.73. The molecule has 0 saturated heterocycles. The van der Waals surface area contributed by atoms with E-state index in [-0.39, 0.29) is 38.3 Å². The molecule has 0 radical (unpaired) electrons. The molecule has 0 aliphatic rings. The van der Waals surface area contributed by atoms with Gasteiger partial charge in [-0.25, -0.2) is 0 Å². The first-order valence-corrected chi connectivity index (χ1v) is 22.6. The second-order valence-corrected chi connectivity index (χ2v) is 16.7. The maximum Gasteiger partial charge on any atom is 0.305 e. The van der Waals surface area contributed by atoms with Gasteiger partial charge in [0.05, 0.1) is 40.1 Å². The number of rotatable bonds is 38. The molecule has 0 amide bonds. The van der Waals surface area contributed by atoms with Gasteiger partial charge in [0.1, 0.15) is 19.8 Å². The van der Waals surface area contributed by atoms with Gasteiger partial charge in [0.15, 0.2) is 6.10 Å². The minimum absolute atomic E-state index is 0.0107. The first-order valence-electron chi connectivity index (χ1n) is 21.1. The lowest BCUT2D eigenvalue weighted by Gasteiger charge is -2.28. The van der Waals surface area contributed by atoms with Gasteiger partial charge in [-0.05, 0) is 63.9 Å². The molecule has 54 heavy (non-hydrogen) atoms. The highest BCUT2D eigenvalue weighted by molar-refractivity contribution is 7.45. The SMILES string of the molecule is CCCCCCCCCCCCCC/C=C/O[C@H](COC(=O)CCC/C=C\C/C=C\C/C=C\C/C=C\CC(O)CCC)COP(=O)([O-])OCC[N+](C)(C)C. The van der Waals surface area contributed by atoms with E-state index in [0.29, 0.717) is 17.4 Å². The Morgan fingerprint density at radius 1 is 0.685 bits per heavy atom. The Bertz CT molecular complexity index is 1070. The number of phosphoric ester groups is 1. The Morgan fingerprint density at radius 2 is 1.22 bits per heavy atom. The van der Waals surface area contributed by atoms with Crippen LogP contribution >= 0.6 is 7.82 Å². The van der Waals surface area contributed by atoms with Crippen LogP contribution in [0.5, 0.6) is 0 Å². The molecule has 2 unspecified atom stereocenters. The van der Waals surface area contributed by atoms with Crippen LogP contribution in [0.25, 0.3) is 0 Å². The highest BCUT2D eigenvalue weighted by Crippen LogP contribution is 2.38. The Balaban J connectivity index is 4.42. The molecule has 3 atom stereocenters. The van der Waals surface area contributed by atoms with Crippen molar-refractivity contribution < 1.29 is 42.4 Å². The van der Waals surface area contributed by atoms with Crippen LogP contribution in [0.1, 0.15) is 155 Å². The fraction of sp³-hybridized carbons (Fsp3) is 0.750. The number of phosphoric acid groups is 1. The molecule has 0 aliphatic carbocycles. The van der Waals surface area contributed by atoms with Gasteiger partial charge in [-0.3, -0.25) is 9.36 Å². The van der Waals surface area contributed by atoms with Crippen molar-refractivity contribution in [2.45, 2.75) is 167 Å². The van der Waals surface area contributed by atoms with E-state index in [1.54, 1.807) is 6.26 Å². The van der Waals surface area contributed by atoms with Gasteiger partial charge in [0.25, 0.3) is 7.82 Å². The molecule has 0 aromatic carbocycles. The van der Waals surface area contributed by atoms with E-state index in [1.165, 1.54) is 70.6 Å². The molecule has 0 heterocycles. The fourth-order valence-corrected chi connectivity index (χ4v) is 6.09. The molecule has 314 valence electrons. The van der Waals surface area contributed by atoms with Gasteiger partial charge in [-0.15, -0.1) is 0 Å². The van der Waals surface area contributed by atoms with Crippen LogP contribution < -0.4 is 4.89 Å². The summed E-state index contributed by atoms with van der Waals surface area (Å²) in [5.74, 6) is -0.361. The van der Waals surface area contributed by atoms with Crippen molar-refractivity contribution in [3.05, 3.63) is 60.9 Å². The number of likely N-dealkylation sites (N-methyl/N-ethyl adjacent to an activating group) is 1. The topological polar surface area (TPSA) is 114 Å². The van der Waals surface area contributed by atoms with Crippen molar-refractivity contribution in [2.24, 2.45) is 0 Å². The molecule has 0 aromatic heterocycles. The fourth-order valence-electron chi connectivity index (χ4n) is 5.36. The Kier molecular flexibility index (Phi) is 35.3. The molecule has 0 fully saturated rings. The van der Waals surface area contributed by atoms with Gasteiger partial charge < -0.3 is 33.0 Å². The number of ether oxygens (including phenoxy) is 2. The number of carbonyl (C=O) groups is 1. The molecule has 0 bridgehead atoms. The summed E-state index contributed by atoms with van der Waals surface area (Å²) in [6.45, 7) is 4.42. The van der Waals surface area contributed by atoms with Crippen LogP contribution in [0.4, 0.5) is 0 Å². The average molecular weight is 782 g/mol. The summed E-state index contributed by atoms with van der Waals surface area (Å²) in [6.07, 6.45) is 42.6. The maximum atomic E-state index is 12.4. The number of aliphatic hydroxyl groups excluding tert-OH is 1. The molecule has 0 aliphatic heterocycles. The molecular formula is C44H80NO8P. The second-order valence-electron chi connectivity index (χ2n) is 15.2. The lowest BCUT2D eigenvalue weighted by atomic mass is 10.0. The molecule has 10 heteroatoms. The number of esters is 1. The summed E-state index contributed by atoms with van der Waals surface area (Å²) in [7, 11) is 1.30. The normalized spacial score (nSPS) is 14.9. The first kappa shape index (κ1) is 52.0. The zero-order chi connectivity index (χ0) is 40.0. The predicted molar refractivity (Wildman–Crippen MR) is 223 cm³/mol. The second kappa shape index (κ2) is 36.6. The molecule has 9 nitrogen and oxygen atoms in total. The van der Waals surface area contributed by atoms with Crippen molar-refractivity contribution in [1.29, 1.82) is 0 Å². The molecular weight excluding hydrogens is 701 g/mol. The van der Waals surface area contributed by atoms with Gasteiger partial charge in [-0.2, -0.15) is 0 Å². The van der Waals surface area contributed by atoms with Gasteiger partial charge >= 0.3 is 5.97 Å². The van der Waals surface area contributed by atoms with Gasteiger partial charge in [0.2, 0.25) is 0 Å². The van der Waals surface area contributed by atoms with E-state index in [4.69, 9.17) is 18.5 Å². The van der Waals surface area contributed by atoms with Crippen molar-refractivity contribution in [2.75, 3.05) is 47.5 Å². The number of quaternary nitrogens is 1. The summed E-state index contributed by atoms with van der Waals surface area (Å²) >= 11 is 0. The van der Waals surface area contributed by atoms with E-state index in [1.807, 2.05) is 33.3 Å². The lowest BCUT2D eigenvalue weighted by molar-refractivity contribution is -0.870. The van der Waals surface area contributed by atoms with Crippen LogP contribution in [0.2, 0.25) is 0 Å². The largest absolute Gasteiger partial charge is 0.756 e. The minimum Gasteiger partial charge on any atom is -0.756 e. The molecule has 1 N–H and O–H groups in total. The van der Waals surface area contributed by atoms with Crippen molar-refractivity contribution in [3.63, 3.8) is 0 Å². The highest BCUT2D eigenvalue weighted by atomic mass is 31.2. The summed E-state index contributed by atoms with van der Waals surface area (Å²) in [5.41, 5.74) is 0. The standard InChI is InChI=1S/C44H80NO8P/c1-6-8-9-10-11-12-13-14-18-21-24-27-30-33-38-50-43(41-53-54(48,49)52-39-37-45(3,4)5)40-51-44(47)36-32-29-26-23-20-17-15-16-19-22-25-28-31-35-42(46)34-7-2/h15,17,19,22-23,26,28,31,33,38,42-43,46H,6-14,16,18,20-21,24-25,27,29-30,32,34-37,39-41H2,1-5H3/b17-15-,22-19-,26-23-,31-28-,38-33+/t42?,43-/m1/s1. The van der Waals surface area contributed by atoms with E-state index < -0.39 is 13.9 Å². The van der Waals surface area contributed by atoms with Crippen molar-refractivity contribution in [3.8, 4) is 0 Å². The number of unbranched alkanes of at least 4 members (excludes halogenated alkanes) is 13. The van der Waals surface area contributed by atoms with Crippen molar-refractivity contribution >= 4 is 13.8 Å². The summed E-state index contributed by atoms with van der Waals surface area (Å²) in [4.78, 5) is 24.8. The van der Waals surface area contributed by atoms with E-state index in [2.05, 4.69) is 56.4 Å². The van der Waals surface area contributed by atoms with Gasteiger partial charge in [0, 0.05) is 6.42 Å². The number of aliphatic hydroxyl groups is 1. The first-order chi connectivity index (χ1) is 26.0. The summed E-state index contributed by atoms with van der Waals surface area (Å²) in [6, 6.07) is 0. The van der Waals surface area contributed by atoms with E-state index in [9.17, 15) is 19.4 Å². The quantitative estimate of drug-likeness (QED) is 0.0164. The predicted octanol–water partition coefficient (Wildman–Crippen LogP) is 10.8. The third kappa shape index (κ3) is 39.7. The van der Waals surface area contributed by atoms with Crippen LogP contribution in [0.3, 0.4) is 0 Å². The third-order valence-electron chi connectivity index (χ3n) is 8.72. The number of hydrogen-bond donors (Lipinski definition) is 1. The number of allylic oxidation sites excluding steroid dienone is 8.